The van der Waals surface area contributed by atoms with E-state index in [9.17, 15) is 13.2 Å². The fraction of sp³-hybridized carbons (Fsp3) is 0.211. The molecular weight excluding hydrogens is 386 g/mol. The number of carbonyl (C=O) groups is 1. The van der Waals surface area contributed by atoms with Crippen LogP contribution in [0.5, 0.6) is 0 Å². The summed E-state index contributed by atoms with van der Waals surface area (Å²) in [4.78, 5) is 11.6. The van der Waals surface area contributed by atoms with E-state index in [0.717, 1.165) is 16.0 Å². The molecular formula is C19H23NO5S2. The van der Waals surface area contributed by atoms with Crippen molar-refractivity contribution in [3.8, 4) is 24.0 Å². The number of hydrogen-bond acceptors (Lipinski definition) is 5. The molecule has 0 aliphatic carbocycles. The van der Waals surface area contributed by atoms with Crippen LogP contribution in [0, 0.1) is 12.8 Å². The van der Waals surface area contributed by atoms with Gasteiger partial charge in [-0.05, 0) is 48.6 Å². The minimum absolute atomic E-state index is 0.0400. The molecule has 6 nitrogen and oxygen atoms in total. The average molecular weight is 410 g/mol. The number of aliphatic carboxylic acids is 1. The third-order valence-electron chi connectivity index (χ3n) is 3.00. The molecule has 2 aromatic rings. The van der Waals surface area contributed by atoms with Gasteiger partial charge in [0.05, 0.1) is 4.90 Å². The van der Waals surface area contributed by atoms with Gasteiger partial charge in [0.25, 0.3) is 0 Å². The maximum absolute atomic E-state index is 11.9. The van der Waals surface area contributed by atoms with Crippen molar-refractivity contribution in [1.82, 2.24) is 4.72 Å². The van der Waals surface area contributed by atoms with Crippen LogP contribution in [0.1, 0.15) is 6.92 Å². The van der Waals surface area contributed by atoms with E-state index in [4.69, 9.17) is 10.2 Å². The Balaban J connectivity index is 0.00000123. The summed E-state index contributed by atoms with van der Waals surface area (Å²) in [5, 5.41) is 16.1. The Morgan fingerprint density at radius 2 is 1.44 bits per heavy atom. The molecule has 0 saturated carbocycles. The molecule has 8 heteroatoms. The molecule has 0 amide bonds. The van der Waals surface area contributed by atoms with Gasteiger partial charge >= 0.3 is 5.97 Å². The molecule has 0 aromatic heterocycles. The summed E-state index contributed by atoms with van der Waals surface area (Å²) in [6, 6.07) is 14.3. The number of sulfonamides is 1. The largest absolute Gasteiger partial charge is 0.480 e. The minimum Gasteiger partial charge on any atom is -0.480 e. The van der Waals surface area contributed by atoms with Crippen molar-refractivity contribution in [2.24, 2.45) is 0 Å². The summed E-state index contributed by atoms with van der Waals surface area (Å²) < 4.78 is 25.8. The zero-order valence-electron chi connectivity index (χ0n) is 15.1. The molecule has 0 heterocycles. The first kappa shape index (κ1) is 24.7. The highest BCUT2D eigenvalue weighted by atomic mass is 32.2. The zero-order chi connectivity index (χ0) is 20.9. The van der Waals surface area contributed by atoms with Crippen LogP contribution in [0.25, 0.3) is 11.1 Å². The van der Waals surface area contributed by atoms with Crippen LogP contribution in [0.15, 0.2) is 58.3 Å². The van der Waals surface area contributed by atoms with E-state index in [1.54, 1.807) is 30.8 Å². The number of aliphatic hydroxyl groups excluding tert-OH is 1. The van der Waals surface area contributed by atoms with Crippen LogP contribution in [-0.4, -0.2) is 44.0 Å². The Hall–Kier alpha value is -2.31. The quantitative estimate of drug-likeness (QED) is 0.501. The number of nitrogens with one attached hydrogen (secondary N) is 1. The Kier molecular flexibility index (Phi) is 11.8. The van der Waals surface area contributed by atoms with Crippen molar-refractivity contribution in [3.05, 3.63) is 48.5 Å². The fourth-order valence-electron chi connectivity index (χ4n) is 1.85. The van der Waals surface area contributed by atoms with Crippen LogP contribution < -0.4 is 4.72 Å². The van der Waals surface area contributed by atoms with Crippen molar-refractivity contribution in [2.75, 3.05) is 19.4 Å². The highest BCUT2D eigenvalue weighted by Gasteiger charge is 2.15. The number of hydrogen-bond donors (Lipinski definition) is 3. The molecule has 0 fully saturated rings. The summed E-state index contributed by atoms with van der Waals surface area (Å²) >= 11 is 1.65. The molecule has 0 radical (unpaired) electrons. The number of rotatable bonds is 6. The van der Waals surface area contributed by atoms with Gasteiger partial charge in [0.15, 0.2) is 0 Å². The van der Waals surface area contributed by atoms with Gasteiger partial charge in [-0.2, -0.15) is 4.72 Å². The number of carboxylic acids is 1. The maximum atomic E-state index is 11.9. The Bertz CT molecular complexity index is 813. The average Bonchev–Trinajstić information content (AvgIpc) is 2.69. The Labute approximate surface area is 164 Å². The van der Waals surface area contributed by atoms with Crippen LogP contribution in [0.2, 0.25) is 0 Å². The van der Waals surface area contributed by atoms with E-state index in [-0.39, 0.29) is 11.5 Å². The molecule has 0 aliphatic rings. The van der Waals surface area contributed by atoms with Crippen molar-refractivity contribution >= 4 is 27.8 Å². The van der Waals surface area contributed by atoms with Gasteiger partial charge in [0.1, 0.15) is 6.54 Å². The zero-order valence-corrected chi connectivity index (χ0v) is 16.8. The Morgan fingerprint density at radius 1 is 1.04 bits per heavy atom. The molecule has 0 saturated heterocycles. The smallest absolute Gasteiger partial charge is 0.318 e. The van der Waals surface area contributed by atoms with Crippen LogP contribution in [0.4, 0.5) is 0 Å². The van der Waals surface area contributed by atoms with Gasteiger partial charge in [-0.15, -0.1) is 24.6 Å². The molecule has 146 valence electrons. The highest BCUT2D eigenvalue weighted by molar-refractivity contribution is 7.98. The van der Waals surface area contributed by atoms with E-state index in [1.165, 1.54) is 12.1 Å². The first-order valence-electron chi connectivity index (χ1n) is 7.74. The van der Waals surface area contributed by atoms with Crippen molar-refractivity contribution in [2.45, 2.75) is 16.7 Å². The summed E-state index contributed by atoms with van der Waals surface area (Å²) in [6.45, 7) is 1.29. The first-order chi connectivity index (χ1) is 12.8. The summed E-state index contributed by atoms with van der Waals surface area (Å²) in [7, 11) is -3.80. The molecule has 0 unspecified atom stereocenters. The SMILES string of the molecule is C#C.CCO.CSc1ccc(-c2ccc(S(=O)(=O)NCC(=O)O)cc2)cc1. The number of carboxylic acid groups (broad SMARTS) is 1. The fourth-order valence-corrected chi connectivity index (χ4v) is 3.23. The van der Waals surface area contributed by atoms with E-state index in [1.807, 2.05) is 35.2 Å². The lowest BCUT2D eigenvalue weighted by Gasteiger charge is -2.07. The predicted molar refractivity (Wildman–Crippen MR) is 109 cm³/mol. The highest BCUT2D eigenvalue weighted by Crippen LogP contribution is 2.24. The van der Waals surface area contributed by atoms with E-state index in [0.29, 0.717) is 0 Å². The lowest BCUT2D eigenvalue weighted by Crippen LogP contribution is -2.29. The van der Waals surface area contributed by atoms with Crippen molar-refractivity contribution < 1.29 is 23.4 Å². The molecule has 0 atom stereocenters. The Morgan fingerprint density at radius 3 is 1.81 bits per heavy atom. The number of benzene rings is 2. The van der Waals surface area contributed by atoms with Gasteiger partial charge < -0.3 is 10.2 Å². The summed E-state index contributed by atoms with van der Waals surface area (Å²) in [6.07, 6.45) is 10.00. The summed E-state index contributed by atoms with van der Waals surface area (Å²) in [5.41, 5.74) is 1.88. The normalized spacial score (nSPS) is 9.96. The van der Waals surface area contributed by atoms with E-state index >= 15 is 0 Å². The molecule has 2 rings (SSSR count). The lowest BCUT2D eigenvalue weighted by molar-refractivity contribution is -0.135. The predicted octanol–water partition coefficient (Wildman–Crippen LogP) is 2.69. The van der Waals surface area contributed by atoms with Gasteiger partial charge in [-0.3, -0.25) is 4.79 Å². The molecule has 0 aliphatic heterocycles. The molecule has 0 bridgehead atoms. The third-order valence-corrected chi connectivity index (χ3v) is 5.16. The van der Waals surface area contributed by atoms with E-state index < -0.39 is 22.5 Å². The number of aliphatic hydroxyl groups is 1. The van der Waals surface area contributed by atoms with Crippen LogP contribution in [0.3, 0.4) is 0 Å². The van der Waals surface area contributed by atoms with Gasteiger partial charge in [0.2, 0.25) is 10.0 Å². The van der Waals surface area contributed by atoms with Crippen molar-refractivity contribution in [3.63, 3.8) is 0 Å². The second-order valence-electron chi connectivity index (χ2n) is 4.79. The first-order valence-corrected chi connectivity index (χ1v) is 10.4. The maximum Gasteiger partial charge on any atom is 0.318 e. The van der Waals surface area contributed by atoms with Gasteiger partial charge in [0, 0.05) is 11.5 Å². The lowest BCUT2D eigenvalue weighted by atomic mass is 10.1. The van der Waals surface area contributed by atoms with Crippen LogP contribution >= 0.6 is 11.8 Å². The number of terminal acetylenes is 1. The van der Waals surface area contributed by atoms with Gasteiger partial charge in [-0.1, -0.05) is 24.3 Å². The number of thioether (sulfide) groups is 1. The third kappa shape index (κ3) is 8.75. The van der Waals surface area contributed by atoms with Gasteiger partial charge in [-0.25, -0.2) is 8.42 Å². The summed E-state index contributed by atoms with van der Waals surface area (Å²) in [5.74, 6) is -1.23. The molecule has 2 aromatic carbocycles. The molecule has 27 heavy (non-hydrogen) atoms. The standard InChI is InChI=1S/C15H15NO4S2.C2H6O.C2H2/c1-21-13-6-2-11(3-7-13)12-4-8-14(9-5-12)22(19,20)16-10-15(17)18;1-2-3;1-2/h2-9,16H,10H2,1H3,(H,17,18);3H,2H2,1H3;1-2H. The van der Waals surface area contributed by atoms with Crippen molar-refractivity contribution in [1.29, 1.82) is 0 Å². The second kappa shape index (κ2) is 12.9. The topological polar surface area (TPSA) is 104 Å². The van der Waals surface area contributed by atoms with E-state index in [2.05, 4.69) is 12.8 Å². The molecule has 0 spiro atoms. The van der Waals surface area contributed by atoms with Crippen LogP contribution in [-0.2, 0) is 14.8 Å². The molecule has 3 N–H and O–H groups in total. The minimum atomic E-state index is -3.80. The second-order valence-corrected chi connectivity index (χ2v) is 7.43. The monoisotopic (exact) mass is 409 g/mol.